The van der Waals surface area contributed by atoms with Crippen molar-refractivity contribution < 1.29 is 0 Å². The minimum absolute atomic E-state index is 0.640. The van der Waals surface area contributed by atoms with Crippen molar-refractivity contribution in [3.63, 3.8) is 0 Å². The maximum Gasteiger partial charge on any atom is 0.200 e. The topological polar surface area (TPSA) is 56.5 Å². The summed E-state index contributed by atoms with van der Waals surface area (Å²) >= 11 is 0. The average molecular weight is 305 g/mol. The zero-order chi connectivity index (χ0) is 16.1. The molecular formula is C18H19N5. The van der Waals surface area contributed by atoms with Crippen LogP contribution in [-0.2, 0) is 6.42 Å². The maximum absolute atomic E-state index is 4.69. The molecule has 0 unspecified atom stereocenters. The summed E-state index contributed by atoms with van der Waals surface area (Å²) in [5.74, 6) is 1.55. The van der Waals surface area contributed by atoms with E-state index in [0.717, 1.165) is 30.0 Å². The molecule has 0 amide bonds. The van der Waals surface area contributed by atoms with Crippen molar-refractivity contribution in [1.82, 2.24) is 24.7 Å². The van der Waals surface area contributed by atoms with Crippen molar-refractivity contribution in [3.05, 3.63) is 66.4 Å². The van der Waals surface area contributed by atoms with E-state index in [-0.39, 0.29) is 0 Å². The standard InChI is InChI=1S/C18H19N5/c1-14(2)7-5-10-17-21-18(16-9-3-4-12-20-16)22-23(17)15-8-6-11-19-13-15/h3-4,6-9,11-13H,5,10H2,1-2H3. The highest BCUT2D eigenvalue weighted by Gasteiger charge is 2.13. The van der Waals surface area contributed by atoms with Gasteiger partial charge < -0.3 is 0 Å². The monoisotopic (exact) mass is 305 g/mol. The van der Waals surface area contributed by atoms with Crippen LogP contribution in [0.25, 0.3) is 17.2 Å². The van der Waals surface area contributed by atoms with Crippen LogP contribution in [0.2, 0.25) is 0 Å². The Kier molecular flexibility index (Phi) is 4.57. The quantitative estimate of drug-likeness (QED) is 0.676. The fraction of sp³-hybridized carbons (Fsp3) is 0.222. The molecule has 0 aliphatic rings. The molecule has 0 spiro atoms. The van der Waals surface area contributed by atoms with E-state index in [1.807, 2.05) is 35.0 Å². The maximum atomic E-state index is 4.69. The Hall–Kier alpha value is -2.82. The molecule has 0 radical (unpaired) electrons. The van der Waals surface area contributed by atoms with Crippen molar-refractivity contribution in [2.24, 2.45) is 0 Å². The first kappa shape index (κ1) is 15.1. The van der Waals surface area contributed by atoms with E-state index in [4.69, 9.17) is 0 Å². The molecule has 116 valence electrons. The van der Waals surface area contributed by atoms with Crippen LogP contribution in [0.3, 0.4) is 0 Å². The lowest BCUT2D eigenvalue weighted by Gasteiger charge is -2.03. The van der Waals surface area contributed by atoms with Gasteiger partial charge in [0.2, 0.25) is 0 Å². The van der Waals surface area contributed by atoms with Crippen LogP contribution in [0, 0.1) is 0 Å². The Morgan fingerprint density at radius 2 is 2.04 bits per heavy atom. The molecule has 5 heteroatoms. The van der Waals surface area contributed by atoms with Gasteiger partial charge in [0.05, 0.1) is 11.9 Å². The van der Waals surface area contributed by atoms with Gasteiger partial charge in [-0.25, -0.2) is 9.67 Å². The second-order valence-electron chi connectivity index (χ2n) is 5.51. The summed E-state index contributed by atoms with van der Waals surface area (Å²) in [6.45, 7) is 4.20. The molecule has 23 heavy (non-hydrogen) atoms. The lowest BCUT2D eigenvalue weighted by Crippen LogP contribution is -2.03. The predicted molar refractivity (Wildman–Crippen MR) is 90.1 cm³/mol. The molecule has 3 heterocycles. The normalized spacial score (nSPS) is 10.5. The number of rotatable bonds is 5. The number of aromatic nitrogens is 5. The lowest BCUT2D eigenvalue weighted by molar-refractivity contribution is 0.774. The van der Waals surface area contributed by atoms with Crippen LogP contribution in [-0.4, -0.2) is 24.7 Å². The molecule has 0 atom stereocenters. The fourth-order valence-electron chi connectivity index (χ4n) is 2.29. The molecule has 3 aromatic rings. The minimum Gasteiger partial charge on any atom is -0.262 e. The fourth-order valence-corrected chi connectivity index (χ4v) is 2.29. The van der Waals surface area contributed by atoms with Crippen LogP contribution in [0.1, 0.15) is 26.1 Å². The third kappa shape index (κ3) is 3.69. The summed E-state index contributed by atoms with van der Waals surface area (Å²) in [5.41, 5.74) is 3.00. The molecule has 3 rings (SSSR count). The van der Waals surface area contributed by atoms with Crippen LogP contribution in [0.5, 0.6) is 0 Å². The van der Waals surface area contributed by atoms with Gasteiger partial charge in [0.25, 0.3) is 0 Å². The van der Waals surface area contributed by atoms with Crippen molar-refractivity contribution in [1.29, 1.82) is 0 Å². The van der Waals surface area contributed by atoms with Gasteiger partial charge in [0.15, 0.2) is 5.82 Å². The van der Waals surface area contributed by atoms with Gasteiger partial charge in [-0.3, -0.25) is 9.97 Å². The van der Waals surface area contributed by atoms with Crippen LogP contribution in [0.15, 0.2) is 60.6 Å². The highest BCUT2D eigenvalue weighted by atomic mass is 15.4. The molecule has 5 nitrogen and oxygen atoms in total. The van der Waals surface area contributed by atoms with Crippen molar-refractivity contribution in [2.45, 2.75) is 26.7 Å². The van der Waals surface area contributed by atoms with Crippen LogP contribution < -0.4 is 0 Å². The molecule has 0 aromatic carbocycles. The molecule has 0 aliphatic heterocycles. The van der Waals surface area contributed by atoms with Crippen molar-refractivity contribution in [2.75, 3.05) is 0 Å². The Bertz CT molecular complexity index is 787. The summed E-state index contributed by atoms with van der Waals surface area (Å²) in [4.78, 5) is 13.2. The summed E-state index contributed by atoms with van der Waals surface area (Å²) in [7, 11) is 0. The largest absolute Gasteiger partial charge is 0.262 e. The molecule has 0 fully saturated rings. The molecule has 0 aliphatic carbocycles. The molecular weight excluding hydrogens is 286 g/mol. The van der Waals surface area contributed by atoms with Crippen molar-refractivity contribution in [3.8, 4) is 17.2 Å². The second kappa shape index (κ2) is 6.96. The first-order valence-electron chi connectivity index (χ1n) is 7.65. The highest BCUT2D eigenvalue weighted by Crippen LogP contribution is 2.17. The first-order chi connectivity index (χ1) is 11.2. The summed E-state index contributed by atoms with van der Waals surface area (Å²) in [5, 5.41) is 4.63. The van der Waals surface area contributed by atoms with Gasteiger partial charge in [-0.05, 0) is 44.5 Å². The third-order valence-corrected chi connectivity index (χ3v) is 3.38. The number of hydrogen-bond acceptors (Lipinski definition) is 4. The van der Waals surface area contributed by atoms with Gasteiger partial charge in [0, 0.05) is 18.8 Å². The SMILES string of the molecule is CC(C)=CCCc1nc(-c2ccccn2)nn1-c1cccnc1. The second-order valence-corrected chi connectivity index (χ2v) is 5.51. The van der Waals surface area contributed by atoms with Crippen LogP contribution in [0.4, 0.5) is 0 Å². The number of nitrogens with zero attached hydrogens (tertiary/aromatic N) is 5. The first-order valence-corrected chi connectivity index (χ1v) is 7.65. The molecule has 0 bridgehead atoms. The molecule has 0 saturated carbocycles. The minimum atomic E-state index is 0.640. The Morgan fingerprint density at radius 1 is 1.13 bits per heavy atom. The van der Waals surface area contributed by atoms with E-state index in [2.05, 4.69) is 40.0 Å². The summed E-state index contributed by atoms with van der Waals surface area (Å²) in [6, 6.07) is 9.63. The number of pyridine rings is 2. The van der Waals surface area contributed by atoms with E-state index in [0.29, 0.717) is 5.82 Å². The van der Waals surface area contributed by atoms with E-state index in [9.17, 15) is 0 Å². The van der Waals surface area contributed by atoms with Gasteiger partial charge in [-0.2, -0.15) is 0 Å². The zero-order valence-corrected chi connectivity index (χ0v) is 13.3. The van der Waals surface area contributed by atoms with Gasteiger partial charge in [0.1, 0.15) is 11.5 Å². The smallest absolute Gasteiger partial charge is 0.200 e. The van der Waals surface area contributed by atoms with Crippen molar-refractivity contribution >= 4 is 0 Å². The Morgan fingerprint density at radius 3 is 2.74 bits per heavy atom. The van der Waals surface area contributed by atoms with E-state index in [1.54, 1.807) is 18.6 Å². The van der Waals surface area contributed by atoms with E-state index in [1.165, 1.54) is 5.57 Å². The Labute approximate surface area is 135 Å². The number of aryl methyl sites for hydroxylation is 1. The van der Waals surface area contributed by atoms with Crippen LogP contribution >= 0.6 is 0 Å². The number of hydrogen-bond donors (Lipinski definition) is 0. The molecule has 0 N–H and O–H groups in total. The third-order valence-electron chi connectivity index (χ3n) is 3.38. The molecule has 3 aromatic heterocycles. The van der Waals surface area contributed by atoms with E-state index >= 15 is 0 Å². The average Bonchev–Trinajstić information content (AvgIpc) is 3.00. The summed E-state index contributed by atoms with van der Waals surface area (Å²) in [6.07, 6.45) is 9.26. The van der Waals surface area contributed by atoms with Gasteiger partial charge in [-0.15, -0.1) is 5.10 Å². The predicted octanol–water partition coefficient (Wildman–Crippen LogP) is 3.62. The van der Waals surface area contributed by atoms with E-state index < -0.39 is 0 Å². The van der Waals surface area contributed by atoms with Gasteiger partial charge >= 0.3 is 0 Å². The lowest BCUT2D eigenvalue weighted by atomic mass is 10.2. The summed E-state index contributed by atoms with van der Waals surface area (Å²) < 4.78 is 1.86. The Balaban J connectivity index is 1.98. The van der Waals surface area contributed by atoms with Gasteiger partial charge in [-0.1, -0.05) is 17.7 Å². The highest BCUT2D eigenvalue weighted by molar-refractivity contribution is 5.48. The number of allylic oxidation sites excluding steroid dienone is 2. The molecule has 0 saturated heterocycles. The zero-order valence-electron chi connectivity index (χ0n) is 13.3.